The maximum absolute atomic E-state index is 5.27. The van der Waals surface area contributed by atoms with Crippen molar-refractivity contribution in [3.63, 3.8) is 0 Å². The number of ether oxygens (including phenoxy) is 2. The molecule has 0 fully saturated rings. The predicted molar refractivity (Wildman–Crippen MR) is 75.3 cm³/mol. The van der Waals surface area contributed by atoms with Crippen LogP contribution in [0.1, 0.15) is 27.7 Å². The normalized spacial score (nSPS) is 25.1. The highest BCUT2D eigenvalue weighted by Gasteiger charge is 2.14. The highest BCUT2D eigenvalue weighted by molar-refractivity contribution is 5.93. The lowest BCUT2D eigenvalue weighted by Crippen LogP contribution is -2.07. The zero-order valence-corrected chi connectivity index (χ0v) is 11.7. The number of hydrogen-bond acceptors (Lipinski definition) is 4. The first kappa shape index (κ1) is 14.5. The van der Waals surface area contributed by atoms with Crippen molar-refractivity contribution in [1.82, 2.24) is 0 Å². The molecule has 2 aliphatic rings. The Kier molecular flexibility index (Phi) is 5.13. The van der Waals surface area contributed by atoms with E-state index in [9.17, 15) is 0 Å². The van der Waals surface area contributed by atoms with Crippen LogP contribution in [0.2, 0.25) is 0 Å². The van der Waals surface area contributed by atoms with E-state index in [1.807, 2.05) is 27.7 Å². The molecule has 0 bridgehead atoms. The van der Waals surface area contributed by atoms with Crippen LogP contribution in [0, 0.1) is 0 Å². The van der Waals surface area contributed by atoms with Gasteiger partial charge in [-0.1, -0.05) is 13.2 Å². The molecule has 0 saturated carbocycles. The minimum atomic E-state index is 0.247. The summed E-state index contributed by atoms with van der Waals surface area (Å²) in [6.07, 6.45) is 0.247. The monoisotopic (exact) mass is 250 g/mol. The first-order valence-corrected chi connectivity index (χ1v) is 6.13. The maximum atomic E-state index is 5.27. The van der Waals surface area contributed by atoms with Crippen LogP contribution in [0.25, 0.3) is 0 Å². The molecular weight excluding hydrogens is 228 g/mol. The summed E-state index contributed by atoms with van der Waals surface area (Å²) in [6.45, 7) is 16.7. The van der Waals surface area contributed by atoms with E-state index in [0.717, 1.165) is 29.5 Å². The van der Waals surface area contributed by atoms with Crippen molar-refractivity contribution in [3.8, 4) is 0 Å². The molecule has 0 aromatic carbocycles. The zero-order valence-electron chi connectivity index (χ0n) is 11.7. The third-order valence-electron chi connectivity index (χ3n) is 2.33. The molecule has 0 aliphatic carbocycles. The minimum absolute atomic E-state index is 0.247. The molecule has 0 N–H and O–H groups in total. The minimum Gasteiger partial charge on any atom is -0.475 e. The van der Waals surface area contributed by atoms with Crippen molar-refractivity contribution in [3.05, 3.63) is 24.3 Å². The summed E-state index contributed by atoms with van der Waals surface area (Å²) in [5.74, 6) is 1.45. The molecule has 0 aromatic heterocycles. The van der Waals surface area contributed by atoms with Gasteiger partial charge in [0, 0.05) is 11.1 Å². The van der Waals surface area contributed by atoms with Gasteiger partial charge in [0.15, 0.2) is 0 Å². The molecule has 2 aliphatic heterocycles. The molecule has 2 atom stereocenters. The van der Waals surface area contributed by atoms with Gasteiger partial charge in [0.25, 0.3) is 0 Å². The number of rotatable bonds is 2. The van der Waals surface area contributed by atoms with Crippen LogP contribution >= 0.6 is 0 Å². The highest BCUT2D eigenvalue weighted by Crippen LogP contribution is 2.08. The summed E-state index contributed by atoms with van der Waals surface area (Å²) in [5, 5.41) is 0. The number of hydrogen-bond donors (Lipinski definition) is 0. The van der Waals surface area contributed by atoms with Gasteiger partial charge in [0.2, 0.25) is 11.8 Å². The summed E-state index contributed by atoms with van der Waals surface area (Å²) in [6, 6.07) is 0.316. The van der Waals surface area contributed by atoms with Gasteiger partial charge in [-0.3, -0.25) is 0 Å². The standard InChI is InChI=1S/2C7H11NO/c1-5(2)7-8-6(3)4-9-7;1-5(2)7-8-4-6(3)9-7/h2*6H,1,4H2,2-3H3. The Hall–Kier alpha value is -1.58. The lowest BCUT2D eigenvalue weighted by molar-refractivity contribution is 0.246. The largest absolute Gasteiger partial charge is 0.475 e. The van der Waals surface area contributed by atoms with E-state index in [4.69, 9.17) is 9.47 Å². The molecule has 0 aromatic rings. The summed E-state index contributed by atoms with van der Waals surface area (Å²) in [5.41, 5.74) is 1.83. The molecule has 4 heteroatoms. The topological polar surface area (TPSA) is 43.2 Å². The zero-order chi connectivity index (χ0) is 13.7. The Labute approximate surface area is 109 Å². The van der Waals surface area contributed by atoms with Gasteiger partial charge in [0.1, 0.15) is 12.7 Å². The fourth-order valence-corrected chi connectivity index (χ4v) is 1.42. The smallest absolute Gasteiger partial charge is 0.211 e. The fourth-order valence-electron chi connectivity index (χ4n) is 1.42. The third-order valence-corrected chi connectivity index (χ3v) is 2.33. The van der Waals surface area contributed by atoms with Crippen LogP contribution in [-0.4, -0.2) is 37.1 Å². The SMILES string of the molecule is C=C(C)C1=NC(C)CO1.C=C(C)C1=NCC(C)O1. The summed E-state index contributed by atoms with van der Waals surface area (Å²) >= 11 is 0. The van der Waals surface area contributed by atoms with Crippen molar-refractivity contribution >= 4 is 11.8 Å². The second-order valence-corrected chi connectivity index (χ2v) is 4.73. The van der Waals surface area contributed by atoms with Crippen molar-refractivity contribution in [1.29, 1.82) is 0 Å². The molecule has 18 heavy (non-hydrogen) atoms. The van der Waals surface area contributed by atoms with E-state index < -0.39 is 0 Å². The van der Waals surface area contributed by atoms with Gasteiger partial charge < -0.3 is 9.47 Å². The van der Waals surface area contributed by atoms with Crippen LogP contribution in [0.3, 0.4) is 0 Å². The highest BCUT2D eigenvalue weighted by atomic mass is 16.5. The molecule has 2 rings (SSSR count). The van der Waals surface area contributed by atoms with Gasteiger partial charge >= 0.3 is 0 Å². The first-order chi connectivity index (χ1) is 8.40. The second kappa shape index (κ2) is 6.38. The average molecular weight is 250 g/mol. The van der Waals surface area contributed by atoms with E-state index in [2.05, 4.69) is 23.1 Å². The van der Waals surface area contributed by atoms with Gasteiger partial charge in [0.05, 0.1) is 12.6 Å². The van der Waals surface area contributed by atoms with Crippen LogP contribution in [0.4, 0.5) is 0 Å². The maximum Gasteiger partial charge on any atom is 0.211 e. The molecule has 0 saturated heterocycles. The van der Waals surface area contributed by atoms with Crippen molar-refractivity contribution in [2.75, 3.05) is 13.2 Å². The Morgan fingerprint density at radius 2 is 1.78 bits per heavy atom. The summed E-state index contributed by atoms with van der Waals surface area (Å²) in [7, 11) is 0. The average Bonchev–Trinajstić information content (AvgIpc) is 2.88. The van der Waals surface area contributed by atoms with E-state index >= 15 is 0 Å². The van der Waals surface area contributed by atoms with E-state index in [1.165, 1.54) is 0 Å². The predicted octanol–water partition coefficient (Wildman–Crippen LogP) is 2.76. The quantitative estimate of drug-likeness (QED) is 0.756. The molecule has 100 valence electrons. The first-order valence-electron chi connectivity index (χ1n) is 6.13. The Balaban J connectivity index is 0.000000180. The van der Waals surface area contributed by atoms with Gasteiger partial charge in [-0.25, -0.2) is 9.98 Å². The number of aliphatic imine (C=N–C) groups is 2. The molecule has 4 nitrogen and oxygen atoms in total. The summed E-state index contributed by atoms with van der Waals surface area (Å²) in [4.78, 5) is 8.29. The fraction of sp³-hybridized carbons (Fsp3) is 0.571. The Morgan fingerprint density at radius 1 is 1.17 bits per heavy atom. The van der Waals surface area contributed by atoms with Crippen LogP contribution in [-0.2, 0) is 9.47 Å². The Bertz CT molecular complexity index is 397. The van der Waals surface area contributed by atoms with Crippen molar-refractivity contribution in [2.24, 2.45) is 9.98 Å². The number of nitrogens with zero attached hydrogens (tertiary/aromatic N) is 2. The summed E-state index contributed by atoms with van der Waals surface area (Å²) < 4.78 is 10.5. The lowest BCUT2D eigenvalue weighted by atomic mass is 10.3. The van der Waals surface area contributed by atoms with Gasteiger partial charge in [-0.2, -0.15) is 0 Å². The Morgan fingerprint density at radius 3 is 2.00 bits per heavy atom. The van der Waals surface area contributed by atoms with Gasteiger partial charge in [-0.05, 0) is 27.7 Å². The molecule has 0 spiro atoms. The van der Waals surface area contributed by atoms with Crippen molar-refractivity contribution < 1.29 is 9.47 Å². The molecule has 2 heterocycles. The molecule has 0 amide bonds. The van der Waals surface area contributed by atoms with Crippen molar-refractivity contribution in [2.45, 2.75) is 39.8 Å². The van der Waals surface area contributed by atoms with E-state index in [0.29, 0.717) is 12.6 Å². The van der Waals surface area contributed by atoms with Crippen LogP contribution in [0.5, 0.6) is 0 Å². The molecule has 2 unspecified atom stereocenters. The molecular formula is C14H22N2O2. The van der Waals surface area contributed by atoms with Crippen LogP contribution < -0.4 is 0 Å². The lowest BCUT2D eigenvalue weighted by Gasteiger charge is -2.03. The van der Waals surface area contributed by atoms with E-state index in [1.54, 1.807) is 0 Å². The van der Waals surface area contributed by atoms with Crippen LogP contribution in [0.15, 0.2) is 34.3 Å². The second-order valence-electron chi connectivity index (χ2n) is 4.73. The third kappa shape index (κ3) is 4.35. The van der Waals surface area contributed by atoms with Gasteiger partial charge in [-0.15, -0.1) is 0 Å². The molecule has 0 radical (unpaired) electrons. The van der Waals surface area contributed by atoms with E-state index in [-0.39, 0.29) is 6.10 Å².